The van der Waals surface area contributed by atoms with E-state index < -0.39 is 10.8 Å². The molecule has 0 radical (unpaired) electrons. The van der Waals surface area contributed by atoms with Crippen LogP contribution in [0.4, 0.5) is 5.69 Å². The van der Waals surface area contributed by atoms with Crippen molar-refractivity contribution in [1.29, 1.82) is 0 Å². The molecule has 0 unspecified atom stereocenters. The molecule has 0 aliphatic heterocycles. The summed E-state index contributed by atoms with van der Waals surface area (Å²) in [6, 6.07) is 4.20. The topological polar surface area (TPSA) is 72.2 Å². The van der Waals surface area contributed by atoms with Crippen molar-refractivity contribution in [3.8, 4) is 0 Å². The van der Waals surface area contributed by atoms with E-state index in [1.165, 1.54) is 24.6 Å². The molecule has 0 aromatic heterocycles. The number of carbonyl (C=O) groups excluding carboxylic acids is 1. The standard InChI is InChI=1S/C14H17ClN2O3/c1-9-4-2-3-5-12(9)16-14(18)11-7-6-10(15)8-13(11)17(19)20/h6-9,12H,2-5H2,1H3,(H,16,18)/t9-,12+/m0/s1. The first-order valence-electron chi connectivity index (χ1n) is 6.74. The summed E-state index contributed by atoms with van der Waals surface area (Å²) in [4.78, 5) is 22.7. The monoisotopic (exact) mass is 296 g/mol. The molecule has 6 heteroatoms. The van der Waals surface area contributed by atoms with Crippen LogP contribution in [0.5, 0.6) is 0 Å². The van der Waals surface area contributed by atoms with Crippen LogP contribution in [0.1, 0.15) is 43.0 Å². The Morgan fingerprint density at radius 2 is 2.10 bits per heavy atom. The summed E-state index contributed by atoms with van der Waals surface area (Å²) < 4.78 is 0. The maximum Gasteiger partial charge on any atom is 0.283 e. The van der Waals surface area contributed by atoms with E-state index in [0.29, 0.717) is 5.92 Å². The largest absolute Gasteiger partial charge is 0.349 e. The number of hydrogen-bond acceptors (Lipinski definition) is 3. The molecule has 0 saturated heterocycles. The highest BCUT2D eigenvalue weighted by Crippen LogP contribution is 2.26. The molecule has 1 aromatic rings. The average Bonchev–Trinajstić information content (AvgIpc) is 2.41. The number of benzene rings is 1. The molecule has 1 amide bonds. The number of amides is 1. The van der Waals surface area contributed by atoms with Crippen molar-refractivity contribution < 1.29 is 9.72 Å². The number of nitro groups is 1. The molecule has 0 bridgehead atoms. The number of nitro benzene ring substituents is 1. The third-order valence-corrected chi connectivity index (χ3v) is 4.06. The minimum atomic E-state index is -0.578. The van der Waals surface area contributed by atoms with Gasteiger partial charge in [0.15, 0.2) is 0 Å². The maximum absolute atomic E-state index is 12.2. The molecule has 1 aliphatic rings. The zero-order chi connectivity index (χ0) is 14.7. The Hall–Kier alpha value is -1.62. The summed E-state index contributed by atoms with van der Waals surface area (Å²) in [5.41, 5.74) is -0.185. The molecule has 1 saturated carbocycles. The minimum Gasteiger partial charge on any atom is -0.349 e. The van der Waals surface area contributed by atoms with Crippen molar-refractivity contribution in [1.82, 2.24) is 5.32 Å². The second-order valence-corrected chi connectivity index (χ2v) is 5.70. The minimum absolute atomic E-state index is 0.0668. The van der Waals surface area contributed by atoms with Gasteiger partial charge >= 0.3 is 0 Å². The lowest BCUT2D eigenvalue weighted by atomic mass is 9.86. The van der Waals surface area contributed by atoms with Crippen molar-refractivity contribution in [3.63, 3.8) is 0 Å². The van der Waals surface area contributed by atoms with Crippen molar-refractivity contribution >= 4 is 23.2 Å². The first-order valence-corrected chi connectivity index (χ1v) is 7.11. The summed E-state index contributed by atoms with van der Waals surface area (Å²) in [5.74, 6) is 0.00572. The van der Waals surface area contributed by atoms with Crippen LogP contribution in [0.2, 0.25) is 5.02 Å². The lowest BCUT2D eigenvalue weighted by molar-refractivity contribution is -0.385. The number of nitrogens with zero attached hydrogens (tertiary/aromatic N) is 1. The highest BCUT2D eigenvalue weighted by Gasteiger charge is 2.26. The summed E-state index contributed by atoms with van der Waals surface area (Å²) in [6.45, 7) is 2.10. The van der Waals surface area contributed by atoms with E-state index in [-0.39, 0.29) is 22.3 Å². The van der Waals surface area contributed by atoms with Crippen molar-refractivity contribution in [2.24, 2.45) is 5.92 Å². The summed E-state index contributed by atoms with van der Waals surface area (Å²) in [5, 5.41) is 14.2. The van der Waals surface area contributed by atoms with Gasteiger partial charge in [-0.05, 0) is 30.9 Å². The van der Waals surface area contributed by atoms with Crippen molar-refractivity contribution in [3.05, 3.63) is 38.9 Å². The van der Waals surface area contributed by atoms with Crippen LogP contribution in [0.3, 0.4) is 0 Å². The van der Waals surface area contributed by atoms with Gasteiger partial charge in [-0.2, -0.15) is 0 Å². The molecular weight excluding hydrogens is 280 g/mol. The molecule has 2 atom stereocenters. The Morgan fingerprint density at radius 3 is 2.75 bits per heavy atom. The fourth-order valence-electron chi connectivity index (χ4n) is 2.62. The Bertz CT molecular complexity index is 533. The third kappa shape index (κ3) is 3.28. The average molecular weight is 297 g/mol. The summed E-state index contributed by atoms with van der Waals surface area (Å²) in [6.07, 6.45) is 4.26. The van der Waals surface area contributed by atoms with Gasteiger partial charge in [0, 0.05) is 17.1 Å². The normalized spacial score (nSPS) is 22.3. The smallest absolute Gasteiger partial charge is 0.283 e. The molecule has 108 valence electrons. The fourth-order valence-corrected chi connectivity index (χ4v) is 2.79. The van der Waals surface area contributed by atoms with Gasteiger partial charge in [-0.1, -0.05) is 31.4 Å². The predicted molar refractivity (Wildman–Crippen MR) is 77.0 cm³/mol. The summed E-state index contributed by atoms with van der Waals surface area (Å²) >= 11 is 5.74. The van der Waals surface area contributed by atoms with Gasteiger partial charge in [0.2, 0.25) is 0 Å². The molecule has 5 nitrogen and oxygen atoms in total. The molecule has 1 N–H and O–H groups in total. The third-order valence-electron chi connectivity index (χ3n) is 3.83. The van der Waals surface area contributed by atoms with Gasteiger partial charge < -0.3 is 5.32 Å². The first-order chi connectivity index (χ1) is 9.49. The Labute approximate surface area is 122 Å². The molecule has 1 aromatic carbocycles. The van der Waals surface area contributed by atoms with E-state index in [0.717, 1.165) is 19.3 Å². The van der Waals surface area contributed by atoms with Crippen LogP contribution >= 0.6 is 11.6 Å². The highest BCUT2D eigenvalue weighted by atomic mass is 35.5. The van der Waals surface area contributed by atoms with E-state index in [2.05, 4.69) is 12.2 Å². The van der Waals surface area contributed by atoms with Crippen LogP contribution in [0, 0.1) is 16.0 Å². The number of hydrogen-bond donors (Lipinski definition) is 1. The van der Waals surface area contributed by atoms with Gasteiger partial charge in [0.05, 0.1) is 4.92 Å². The summed E-state index contributed by atoms with van der Waals surface area (Å²) in [7, 11) is 0. The second-order valence-electron chi connectivity index (χ2n) is 5.26. The van der Waals surface area contributed by atoms with Gasteiger partial charge in [-0.25, -0.2) is 0 Å². The molecule has 1 fully saturated rings. The van der Waals surface area contributed by atoms with E-state index in [4.69, 9.17) is 11.6 Å². The molecule has 20 heavy (non-hydrogen) atoms. The highest BCUT2D eigenvalue weighted by molar-refractivity contribution is 6.31. The van der Waals surface area contributed by atoms with Crippen LogP contribution in [-0.2, 0) is 0 Å². The second kappa shape index (κ2) is 6.22. The first kappa shape index (κ1) is 14.8. The number of halogens is 1. The fraction of sp³-hybridized carbons (Fsp3) is 0.500. The molecule has 0 spiro atoms. The number of nitrogens with one attached hydrogen (secondary N) is 1. The van der Waals surface area contributed by atoms with Gasteiger partial charge in [0.1, 0.15) is 5.56 Å². The van der Waals surface area contributed by atoms with E-state index in [1.807, 2.05) is 0 Å². The van der Waals surface area contributed by atoms with Crippen molar-refractivity contribution in [2.75, 3.05) is 0 Å². The van der Waals surface area contributed by atoms with Crippen LogP contribution in [0.15, 0.2) is 18.2 Å². The Morgan fingerprint density at radius 1 is 1.40 bits per heavy atom. The number of rotatable bonds is 3. The van der Waals surface area contributed by atoms with Gasteiger partial charge in [0.25, 0.3) is 11.6 Å². The van der Waals surface area contributed by atoms with Crippen molar-refractivity contribution in [2.45, 2.75) is 38.6 Å². The zero-order valence-corrected chi connectivity index (χ0v) is 12.0. The SMILES string of the molecule is C[C@H]1CCCC[C@H]1NC(=O)c1ccc(Cl)cc1[N+](=O)[O-]. The van der Waals surface area contributed by atoms with Gasteiger partial charge in [-0.3, -0.25) is 14.9 Å². The van der Waals surface area contributed by atoms with Gasteiger partial charge in [-0.15, -0.1) is 0 Å². The molecule has 1 aliphatic carbocycles. The van der Waals surface area contributed by atoms with E-state index in [9.17, 15) is 14.9 Å². The molecule has 0 heterocycles. The quantitative estimate of drug-likeness (QED) is 0.684. The van der Waals surface area contributed by atoms with E-state index in [1.54, 1.807) is 0 Å². The zero-order valence-electron chi connectivity index (χ0n) is 11.3. The Balaban J connectivity index is 2.18. The molecule has 2 rings (SSSR count). The lowest BCUT2D eigenvalue weighted by Crippen LogP contribution is -2.41. The van der Waals surface area contributed by atoms with E-state index >= 15 is 0 Å². The molecular formula is C14H17ClN2O3. The maximum atomic E-state index is 12.2. The van der Waals surface area contributed by atoms with Crippen LogP contribution in [-0.4, -0.2) is 16.9 Å². The van der Waals surface area contributed by atoms with Crippen LogP contribution in [0.25, 0.3) is 0 Å². The Kier molecular flexibility index (Phi) is 4.60. The van der Waals surface area contributed by atoms with Crippen LogP contribution < -0.4 is 5.32 Å². The predicted octanol–water partition coefficient (Wildman–Crippen LogP) is 3.56. The lowest BCUT2D eigenvalue weighted by Gasteiger charge is -2.29. The number of carbonyl (C=O) groups is 1.